The number of aliphatic hydroxyl groups excluding tert-OH is 1. The molecule has 23 heavy (non-hydrogen) atoms. The van der Waals surface area contributed by atoms with Crippen molar-refractivity contribution in [2.24, 2.45) is 28.6 Å². The number of carboxylic acids is 1. The Hall–Kier alpha value is -1.23. The smallest absolute Gasteiger partial charge is 0.303 e. The van der Waals surface area contributed by atoms with Crippen molar-refractivity contribution in [1.82, 2.24) is 0 Å². The number of hydrogen-bond acceptors (Lipinski definition) is 4. The van der Waals surface area contributed by atoms with Gasteiger partial charge in [0, 0.05) is 18.3 Å². The zero-order chi connectivity index (χ0) is 17.0. The highest BCUT2D eigenvalue weighted by atomic mass is 16.4. The van der Waals surface area contributed by atoms with E-state index < -0.39 is 11.4 Å². The number of Topliss-reactive ketones (excluding diaryl/α,β-unsaturated/α-hetero) is 2. The maximum absolute atomic E-state index is 12.6. The first-order valence-electron chi connectivity index (χ1n) is 8.67. The number of carboxylic acid groups (broad SMARTS) is 1. The van der Waals surface area contributed by atoms with Crippen molar-refractivity contribution in [3.63, 3.8) is 0 Å². The van der Waals surface area contributed by atoms with Crippen LogP contribution < -0.4 is 0 Å². The normalized spacial score (nSPS) is 46.4. The summed E-state index contributed by atoms with van der Waals surface area (Å²) in [5.41, 5.74) is -1.01. The highest BCUT2D eigenvalue weighted by Crippen LogP contribution is 2.62. The summed E-state index contributed by atoms with van der Waals surface area (Å²) in [5.74, 6) is -1.21. The van der Waals surface area contributed by atoms with Gasteiger partial charge in [-0.05, 0) is 55.3 Å². The minimum atomic E-state index is -0.925. The Morgan fingerprint density at radius 3 is 2.52 bits per heavy atom. The Bertz CT molecular complexity index is 556. The first-order chi connectivity index (χ1) is 10.7. The molecule has 0 aromatic heterocycles. The summed E-state index contributed by atoms with van der Waals surface area (Å²) in [6.45, 7) is 3.90. The number of rotatable bonds is 3. The third kappa shape index (κ3) is 2.35. The zero-order valence-corrected chi connectivity index (χ0v) is 13.9. The molecule has 0 aromatic carbocycles. The van der Waals surface area contributed by atoms with Crippen LogP contribution >= 0.6 is 0 Å². The largest absolute Gasteiger partial charge is 0.481 e. The molecule has 0 spiro atoms. The second kappa shape index (κ2) is 5.40. The molecule has 0 heterocycles. The molecule has 5 heteroatoms. The lowest BCUT2D eigenvalue weighted by Gasteiger charge is -2.54. The fourth-order valence-electron chi connectivity index (χ4n) is 5.79. The second-order valence-corrected chi connectivity index (χ2v) is 8.28. The van der Waals surface area contributed by atoms with Crippen LogP contribution in [-0.4, -0.2) is 33.9 Å². The zero-order valence-electron chi connectivity index (χ0n) is 13.9. The van der Waals surface area contributed by atoms with Gasteiger partial charge in [-0.3, -0.25) is 14.4 Å². The van der Waals surface area contributed by atoms with Gasteiger partial charge in [-0.2, -0.15) is 0 Å². The maximum atomic E-state index is 12.6. The molecule has 0 saturated heterocycles. The predicted octanol–water partition coefficient (Wildman–Crippen LogP) is 2.20. The van der Waals surface area contributed by atoms with Crippen molar-refractivity contribution in [3.05, 3.63) is 0 Å². The van der Waals surface area contributed by atoms with Crippen molar-refractivity contribution in [1.29, 1.82) is 0 Å². The van der Waals surface area contributed by atoms with Crippen LogP contribution in [0.1, 0.15) is 58.8 Å². The summed E-state index contributed by atoms with van der Waals surface area (Å²) >= 11 is 0. The van der Waals surface area contributed by atoms with E-state index in [9.17, 15) is 19.5 Å². The van der Waals surface area contributed by atoms with Crippen molar-refractivity contribution in [2.45, 2.75) is 64.9 Å². The van der Waals surface area contributed by atoms with E-state index in [2.05, 4.69) is 6.92 Å². The summed E-state index contributed by atoms with van der Waals surface area (Å²) in [4.78, 5) is 35.9. The molecular formula is C18H26O5. The lowest BCUT2D eigenvalue weighted by Crippen LogP contribution is -2.55. The Morgan fingerprint density at radius 2 is 1.87 bits per heavy atom. The molecule has 0 aliphatic heterocycles. The van der Waals surface area contributed by atoms with Gasteiger partial charge in [0.2, 0.25) is 5.78 Å². The van der Waals surface area contributed by atoms with Crippen LogP contribution in [0.4, 0.5) is 0 Å². The highest BCUT2D eigenvalue weighted by Gasteiger charge is 2.61. The van der Waals surface area contributed by atoms with Crippen molar-refractivity contribution >= 4 is 17.5 Å². The number of carbonyl (C=O) groups excluding carboxylic acids is 2. The van der Waals surface area contributed by atoms with Gasteiger partial charge in [0.15, 0.2) is 5.78 Å². The van der Waals surface area contributed by atoms with Crippen LogP contribution in [0.2, 0.25) is 0 Å². The molecule has 3 aliphatic rings. The molecular weight excluding hydrogens is 296 g/mol. The third-order valence-corrected chi connectivity index (χ3v) is 7.26. The Balaban J connectivity index is 1.93. The van der Waals surface area contributed by atoms with Crippen LogP contribution in [0, 0.1) is 28.6 Å². The van der Waals surface area contributed by atoms with Crippen molar-refractivity contribution in [2.75, 3.05) is 0 Å². The number of carbonyl (C=O) groups is 3. The number of ketones is 2. The molecule has 0 bridgehead atoms. The molecule has 3 fully saturated rings. The van der Waals surface area contributed by atoms with E-state index in [0.717, 1.165) is 25.7 Å². The van der Waals surface area contributed by atoms with Crippen LogP contribution in [0.15, 0.2) is 0 Å². The monoisotopic (exact) mass is 322 g/mol. The lowest BCUT2D eigenvalue weighted by atomic mass is 9.49. The highest BCUT2D eigenvalue weighted by molar-refractivity contribution is 6.39. The van der Waals surface area contributed by atoms with Crippen LogP contribution in [0.3, 0.4) is 0 Å². The fraction of sp³-hybridized carbons (Fsp3) is 0.833. The van der Waals surface area contributed by atoms with E-state index in [4.69, 9.17) is 5.11 Å². The van der Waals surface area contributed by atoms with E-state index in [1.807, 2.05) is 0 Å². The first kappa shape index (κ1) is 16.6. The molecule has 3 rings (SSSR count). The molecule has 0 radical (unpaired) electrons. The summed E-state index contributed by atoms with van der Waals surface area (Å²) < 4.78 is 0. The molecule has 3 saturated carbocycles. The first-order valence-corrected chi connectivity index (χ1v) is 8.67. The number of hydrogen-bond donors (Lipinski definition) is 2. The topological polar surface area (TPSA) is 91.7 Å². The Labute approximate surface area is 136 Å². The van der Waals surface area contributed by atoms with E-state index in [0.29, 0.717) is 0 Å². The predicted molar refractivity (Wildman–Crippen MR) is 82.7 cm³/mol. The average molecular weight is 322 g/mol. The van der Waals surface area contributed by atoms with Gasteiger partial charge < -0.3 is 10.2 Å². The van der Waals surface area contributed by atoms with Crippen LogP contribution in [0.5, 0.6) is 0 Å². The van der Waals surface area contributed by atoms with E-state index in [1.54, 1.807) is 6.92 Å². The average Bonchev–Trinajstić information content (AvgIpc) is 2.79. The Morgan fingerprint density at radius 1 is 1.17 bits per heavy atom. The standard InChI is InChI=1S/C18H26O5/c1-17-7-5-12-10(11(17)3-4-14(17)20)9-13(19)16(23)18(12,2)8-6-15(21)22/h10-12,14,20H,3-9H2,1-2H3,(H,21,22)/t10-,11+,12+,14+,17-,18+/m1/s1. The van der Waals surface area contributed by atoms with Gasteiger partial charge in [-0.25, -0.2) is 0 Å². The van der Waals surface area contributed by atoms with E-state index >= 15 is 0 Å². The minimum absolute atomic E-state index is 0.0652. The number of aliphatic carboxylic acids is 1. The molecule has 2 N–H and O–H groups in total. The lowest BCUT2D eigenvalue weighted by molar-refractivity contribution is -0.159. The number of fused-ring (bicyclic) bond motifs is 3. The molecule has 128 valence electrons. The number of aliphatic hydroxyl groups is 1. The maximum Gasteiger partial charge on any atom is 0.303 e. The summed E-state index contributed by atoms with van der Waals surface area (Å²) in [6, 6.07) is 0. The minimum Gasteiger partial charge on any atom is -0.481 e. The SMILES string of the molecule is C[C@@]12CC[C@H]3[C@H](CC(=O)C(=O)[C@@]3(C)CCC(=O)O)[C@@H]1CC[C@@H]2O. The van der Waals surface area contributed by atoms with Crippen LogP contribution in [0.25, 0.3) is 0 Å². The van der Waals surface area contributed by atoms with Gasteiger partial charge in [0.05, 0.1) is 6.10 Å². The summed E-state index contributed by atoms with van der Waals surface area (Å²) in [7, 11) is 0. The van der Waals surface area contributed by atoms with Crippen molar-refractivity contribution < 1.29 is 24.6 Å². The molecule has 6 atom stereocenters. The summed E-state index contributed by atoms with van der Waals surface area (Å²) in [5, 5.41) is 19.4. The fourth-order valence-corrected chi connectivity index (χ4v) is 5.79. The third-order valence-electron chi connectivity index (χ3n) is 7.26. The van der Waals surface area contributed by atoms with E-state index in [1.165, 1.54) is 0 Å². The Kier molecular flexibility index (Phi) is 3.90. The quantitative estimate of drug-likeness (QED) is 0.777. The van der Waals surface area contributed by atoms with Crippen molar-refractivity contribution in [3.8, 4) is 0 Å². The second-order valence-electron chi connectivity index (χ2n) is 8.28. The van der Waals surface area contributed by atoms with Gasteiger partial charge in [0.1, 0.15) is 0 Å². The van der Waals surface area contributed by atoms with Gasteiger partial charge in [-0.1, -0.05) is 13.8 Å². The molecule has 0 amide bonds. The van der Waals surface area contributed by atoms with Crippen LogP contribution in [-0.2, 0) is 14.4 Å². The summed E-state index contributed by atoms with van der Waals surface area (Å²) in [6.07, 6.45) is 3.41. The molecule has 0 aromatic rings. The van der Waals surface area contributed by atoms with Gasteiger partial charge in [-0.15, -0.1) is 0 Å². The molecule has 0 unspecified atom stereocenters. The van der Waals surface area contributed by atoms with Gasteiger partial charge >= 0.3 is 5.97 Å². The molecule has 5 nitrogen and oxygen atoms in total. The molecule has 3 aliphatic carbocycles. The van der Waals surface area contributed by atoms with E-state index in [-0.39, 0.29) is 60.1 Å². The van der Waals surface area contributed by atoms with Gasteiger partial charge in [0.25, 0.3) is 0 Å².